The number of rotatable bonds is 7. The smallest absolute Gasteiger partial charge is 0.307 e. The van der Waals surface area contributed by atoms with E-state index >= 15 is 0 Å². The maximum absolute atomic E-state index is 13.0. The van der Waals surface area contributed by atoms with Crippen LogP contribution in [0.5, 0.6) is 0 Å². The Morgan fingerprint density at radius 2 is 1.68 bits per heavy atom. The molecule has 0 atom stereocenters. The van der Waals surface area contributed by atoms with E-state index in [1.807, 2.05) is 62.4 Å². The van der Waals surface area contributed by atoms with Crippen LogP contribution >= 0.6 is 0 Å². The van der Waals surface area contributed by atoms with Crippen molar-refractivity contribution in [2.45, 2.75) is 33.7 Å². The van der Waals surface area contributed by atoms with Gasteiger partial charge in [-0.1, -0.05) is 48.0 Å². The van der Waals surface area contributed by atoms with Crippen molar-refractivity contribution in [2.75, 3.05) is 13.2 Å². The molecule has 0 fully saturated rings. The van der Waals surface area contributed by atoms with E-state index in [4.69, 9.17) is 4.74 Å². The Morgan fingerprint density at radius 3 is 2.32 bits per heavy atom. The third-order valence-corrected chi connectivity index (χ3v) is 4.05. The molecule has 0 N–H and O–H groups in total. The molecular weight excluding hydrogens is 314 g/mol. The zero-order valence-electron chi connectivity index (χ0n) is 15.1. The van der Waals surface area contributed by atoms with E-state index in [1.165, 1.54) is 5.56 Å². The molecule has 132 valence electrons. The largest absolute Gasteiger partial charge is 0.466 e. The van der Waals surface area contributed by atoms with Gasteiger partial charge in [0.05, 0.1) is 13.0 Å². The van der Waals surface area contributed by atoms with Gasteiger partial charge in [-0.25, -0.2) is 0 Å². The van der Waals surface area contributed by atoms with Gasteiger partial charge in [-0.3, -0.25) is 9.59 Å². The molecule has 25 heavy (non-hydrogen) atoms. The number of amides is 1. The lowest BCUT2D eigenvalue weighted by Gasteiger charge is -2.23. The quantitative estimate of drug-likeness (QED) is 0.719. The first-order valence-corrected chi connectivity index (χ1v) is 8.57. The van der Waals surface area contributed by atoms with Crippen LogP contribution in [-0.4, -0.2) is 29.9 Å². The van der Waals surface area contributed by atoms with Crippen molar-refractivity contribution < 1.29 is 14.3 Å². The molecule has 4 heteroatoms. The molecule has 0 saturated heterocycles. The molecule has 0 bridgehead atoms. The van der Waals surface area contributed by atoms with Crippen LogP contribution < -0.4 is 0 Å². The van der Waals surface area contributed by atoms with Crippen LogP contribution in [0.25, 0.3) is 0 Å². The van der Waals surface area contributed by atoms with E-state index in [2.05, 4.69) is 0 Å². The molecule has 0 aliphatic heterocycles. The lowest BCUT2D eigenvalue weighted by molar-refractivity contribution is -0.143. The second-order valence-electron chi connectivity index (χ2n) is 6.08. The minimum absolute atomic E-state index is 0.0667. The van der Waals surface area contributed by atoms with Gasteiger partial charge in [0.1, 0.15) is 0 Å². The predicted molar refractivity (Wildman–Crippen MR) is 98.3 cm³/mol. The van der Waals surface area contributed by atoms with Crippen molar-refractivity contribution >= 4 is 11.9 Å². The van der Waals surface area contributed by atoms with E-state index in [9.17, 15) is 9.59 Å². The molecule has 2 rings (SSSR count). The minimum atomic E-state index is -0.283. The molecule has 0 aromatic heterocycles. The Kier molecular flexibility index (Phi) is 6.75. The summed E-state index contributed by atoms with van der Waals surface area (Å²) in [5.74, 6) is -0.350. The molecular formula is C21H25NO3. The molecule has 0 unspecified atom stereocenters. The minimum Gasteiger partial charge on any atom is -0.466 e. The monoisotopic (exact) mass is 339 g/mol. The second kappa shape index (κ2) is 9.02. The van der Waals surface area contributed by atoms with E-state index in [0.717, 1.165) is 11.1 Å². The Bertz CT molecular complexity index is 722. The van der Waals surface area contributed by atoms with Crippen molar-refractivity contribution in [3.63, 3.8) is 0 Å². The third kappa shape index (κ3) is 5.45. The van der Waals surface area contributed by atoms with E-state index in [1.54, 1.807) is 11.8 Å². The highest BCUT2D eigenvalue weighted by molar-refractivity contribution is 5.95. The lowest BCUT2D eigenvalue weighted by Crippen LogP contribution is -2.33. The highest BCUT2D eigenvalue weighted by Crippen LogP contribution is 2.15. The molecule has 0 aliphatic carbocycles. The lowest BCUT2D eigenvalue weighted by atomic mass is 10.1. The zero-order chi connectivity index (χ0) is 18.2. The zero-order valence-corrected chi connectivity index (χ0v) is 15.1. The summed E-state index contributed by atoms with van der Waals surface area (Å²) >= 11 is 0. The summed E-state index contributed by atoms with van der Waals surface area (Å²) in [6.45, 7) is 6.87. The van der Waals surface area contributed by atoms with Gasteiger partial charge in [-0.2, -0.15) is 0 Å². The summed E-state index contributed by atoms with van der Waals surface area (Å²) in [5, 5.41) is 0. The standard InChI is InChI=1S/C21H25NO3/c1-4-25-20(23)13-14-22(15-18-11-9-16(2)10-12-18)21(24)19-8-6-5-7-17(19)3/h5-12H,4,13-15H2,1-3H3. The van der Waals surface area contributed by atoms with Gasteiger partial charge in [-0.05, 0) is 38.0 Å². The summed E-state index contributed by atoms with van der Waals surface area (Å²) < 4.78 is 4.99. The fourth-order valence-electron chi connectivity index (χ4n) is 2.61. The van der Waals surface area contributed by atoms with E-state index in [-0.39, 0.29) is 18.3 Å². The average molecular weight is 339 g/mol. The summed E-state index contributed by atoms with van der Waals surface area (Å²) in [7, 11) is 0. The molecule has 2 aromatic rings. The SMILES string of the molecule is CCOC(=O)CCN(Cc1ccc(C)cc1)C(=O)c1ccccc1C. The summed E-state index contributed by atoms with van der Waals surface area (Å²) in [6.07, 6.45) is 0.192. The molecule has 2 aromatic carbocycles. The number of hydrogen-bond acceptors (Lipinski definition) is 3. The van der Waals surface area contributed by atoms with Crippen LogP contribution in [0.15, 0.2) is 48.5 Å². The van der Waals surface area contributed by atoms with Gasteiger partial charge in [-0.15, -0.1) is 0 Å². The fraction of sp³-hybridized carbons (Fsp3) is 0.333. The number of esters is 1. The molecule has 0 radical (unpaired) electrons. The molecule has 0 aliphatic rings. The number of carbonyl (C=O) groups excluding carboxylic acids is 2. The molecule has 4 nitrogen and oxygen atoms in total. The average Bonchev–Trinajstić information content (AvgIpc) is 2.60. The van der Waals surface area contributed by atoms with Crippen LogP contribution in [0, 0.1) is 13.8 Å². The Morgan fingerprint density at radius 1 is 1.00 bits per heavy atom. The van der Waals surface area contributed by atoms with Gasteiger partial charge < -0.3 is 9.64 Å². The molecule has 0 saturated carbocycles. The highest BCUT2D eigenvalue weighted by atomic mass is 16.5. The Labute approximate surface area is 149 Å². The van der Waals surface area contributed by atoms with Crippen molar-refractivity contribution in [1.29, 1.82) is 0 Å². The van der Waals surface area contributed by atoms with Gasteiger partial charge >= 0.3 is 5.97 Å². The van der Waals surface area contributed by atoms with Crippen LogP contribution in [0.4, 0.5) is 0 Å². The summed E-state index contributed by atoms with van der Waals surface area (Å²) in [5.41, 5.74) is 3.81. The topological polar surface area (TPSA) is 46.6 Å². The molecule has 1 amide bonds. The highest BCUT2D eigenvalue weighted by Gasteiger charge is 2.19. The maximum atomic E-state index is 13.0. The summed E-state index contributed by atoms with van der Waals surface area (Å²) in [6, 6.07) is 15.6. The Hall–Kier alpha value is -2.62. The van der Waals surface area contributed by atoms with Crippen LogP contribution in [-0.2, 0) is 16.1 Å². The van der Waals surface area contributed by atoms with E-state index < -0.39 is 0 Å². The molecule has 0 spiro atoms. The van der Waals surface area contributed by atoms with Gasteiger partial charge in [0.25, 0.3) is 5.91 Å². The number of ether oxygens (including phenoxy) is 1. The number of hydrogen-bond donors (Lipinski definition) is 0. The van der Waals surface area contributed by atoms with Crippen LogP contribution in [0.3, 0.4) is 0 Å². The normalized spacial score (nSPS) is 10.4. The van der Waals surface area contributed by atoms with Crippen molar-refractivity contribution in [1.82, 2.24) is 4.90 Å². The van der Waals surface area contributed by atoms with Crippen LogP contribution in [0.1, 0.15) is 40.4 Å². The predicted octanol–water partition coefficient (Wildman–Crippen LogP) is 3.90. The number of nitrogens with zero attached hydrogens (tertiary/aromatic N) is 1. The van der Waals surface area contributed by atoms with Gasteiger partial charge in [0.2, 0.25) is 0 Å². The van der Waals surface area contributed by atoms with E-state index in [0.29, 0.717) is 25.3 Å². The fourth-order valence-corrected chi connectivity index (χ4v) is 2.61. The van der Waals surface area contributed by atoms with Crippen LogP contribution in [0.2, 0.25) is 0 Å². The maximum Gasteiger partial charge on any atom is 0.307 e. The molecule has 0 heterocycles. The first-order chi connectivity index (χ1) is 12.0. The first-order valence-electron chi connectivity index (χ1n) is 8.57. The Balaban J connectivity index is 2.18. The first kappa shape index (κ1) is 18.7. The van der Waals surface area contributed by atoms with Crippen molar-refractivity contribution in [3.8, 4) is 0 Å². The third-order valence-electron chi connectivity index (χ3n) is 4.05. The van der Waals surface area contributed by atoms with Gasteiger partial charge in [0, 0.05) is 18.7 Å². The second-order valence-corrected chi connectivity index (χ2v) is 6.08. The number of aryl methyl sites for hydroxylation is 2. The van der Waals surface area contributed by atoms with Gasteiger partial charge in [0.15, 0.2) is 0 Å². The number of carbonyl (C=O) groups is 2. The van der Waals surface area contributed by atoms with Crippen molar-refractivity contribution in [3.05, 3.63) is 70.8 Å². The number of benzene rings is 2. The van der Waals surface area contributed by atoms with Crippen molar-refractivity contribution in [2.24, 2.45) is 0 Å². The summed E-state index contributed by atoms with van der Waals surface area (Å²) in [4.78, 5) is 26.4.